The SMILES string of the molecule is [2H]C([2H])([2H])C([2H])([2H])CCCCCCC[P+](c1ccccc1)(c1ccccc1)c1ccccc1.[Br-]. The van der Waals surface area contributed by atoms with Crippen molar-refractivity contribution in [2.75, 3.05) is 6.16 Å². The quantitative estimate of drug-likeness (QED) is 0.294. The average molecular weight is 474 g/mol. The van der Waals surface area contributed by atoms with Gasteiger partial charge in [0.15, 0.2) is 0 Å². The van der Waals surface area contributed by atoms with E-state index < -0.39 is 20.5 Å². The summed E-state index contributed by atoms with van der Waals surface area (Å²) in [7, 11) is -1.79. The van der Waals surface area contributed by atoms with Crippen LogP contribution < -0.4 is 32.9 Å². The Morgan fingerprint density at radius 3 is 1.38 bits per heavy atom. The second-order valence-corrected chi connectivity index (χ2v) is 10.9. The molecule has 0 aliphatic rings. The van der Waals surface area contributed by atoms with Crippen molar-refractivity contribution >= 4 is 23.2 Å². The number of hydrogen-bond donors (Lipinski definition) is 0. The first-order chi connectivity index (χ1) is 15.8. The Morgan fingerprint density at radius 2 is 0.966 bits per heavy atom. The fourth-order valence-corrected chi connectivity index (χ4v) is 8.38. The molecule has 3 aromatic carbocycles. The molecule has 0 radical (unpaired) electrons. The highest BCUT2D eigenvalue weighted by Crippen LogP contribution is 2.55. The summed E-state index contributed by atoms with van der Waals surface area (Å²) < 4.78 is 37.6. The van der Waals surface area contributed by atoms with Crippen LogP contribution in [0.3, 0.4) is 0 Å². The van der Waals surface area contributed by atoms with Crippen LogP contribution >= 0.6 is 7.26 Å². The minimum absolute atomic E-state index is 0. The fraction of sp³-hybridized carbons (Fsp3) is 0.333. The first-order valence-electron chi connectivity index (χ1n) is 12.8. The van der Waals surface area contributed by atoms with Crippen LogP contribution in [-0.4, -0.2) is 6.16 Å². The average Bonchev–Trinajstić information content (AvgIpc) is 2.82. The molecule has 0 fully saturated rings. The highest BCUT2D eigenvalue weighted by Gasteiger charge is 2.44. The number of rotatable bonds is 11. The molecule has 3 rings (SSSR count). The Hall–Kier alpha value is -1.43. The Bertz CT molecular complexity index is 866. The molecular weight excluding hydrogens is 435 g/mol. The standard InChI is InChI=1S/C27H34P.BrH/c1-2-3-4-5-6-7-17-24-28(25-18-11-8-12-19-25,26-20-13-9-14-21-26)27-22-15-10-16-23-27;/h8-16,18-23H,2-7,17,24H2,1H3;1H/q+1;/p-1/i1D3,2D2;. The first kappa shape index (κ1) is 17.3. The van der Waals surface area contributed by atoms with Crippen molar-refractivity contribution in [1.82, 2.24) is 0 Å². The first-order valence-corrected chi connectivity index (χ1v) is 12.3. The van der Waals surface area contributed by atoms with Gasteiger partial charge in [-0.2, -0.15) is 0 Å². The molecule has 0 saturated heterocycles. The van der Waals surface area contributed by atoms with Gasteiger partial charge in [-0.3, -0.25) is 0 Å². The van der Waals surface area contributed by atoms with Crippen LogP contribution in [0.1, 0.15) is 58.6 Å². The molecule has 154 valence electrons. The summed E-state index contributed by atoms with van der Waals surface area (Å²) in [5.41, 5.74) is 0. The van der Waals surface area contributed by atoms with Crippen molar-refractivity contribution in [2.24, 2.45) is 0 Å². The highest BCUT2D eigenvalue weighted by molar-refractivity contribution is 7.95. The number of halogens is 1. The van der Waals surface area contributed by atoms with E-state index in [1.54, 1.807) is 0 Å². The lowest BCUT2D eigenvalue weighted by Gasteiger charge is -2.27. The van der Waals surface area contributed by atoms with Crippen LogP contribution in [0.15, 0.2) is 91.0 Å². The van der Waals surface area contributed by atoms with Crippen LogP contribution in [0, 0.1) is 0 Å². The van der Waals surface area contributed by atoms with Crippen molar-refractivity contribution in [1.29, 1.82) is 0 Å². The van der Waals surface area contributed by atoms with E-state index in [1.807, 2.05) is 0 Å². The third-order valence-corrected chi connectivity index (χ3v) is 9.91. The Morgan fingerprint density at radius 1 is 0.586 bits per heavy atom. The van der Waals surface area contributed by atoms with E-state index in [0.717, 1.165) is 31.8 Å². The van der Waals surface area contributed by atoms with Crippen LogP contribution in [0.2, 0.25) is 0 Å². The summed E-state index contributed by atoms with van der Waals surface area (Å²) in [6, 6.07) is 32.6. The van der Waals surface area contributed by atoms with E-state index in [9.17, 15) is 0 Å². The molecule has 0 bridgehead atoms. The molecule has 0 heterocycles. The third kappa shape index (κ3) is 6.27. The van der Waals surface area contributed by atoms with Gasteiger partial charge in [-0.25, -0.2) is 0 Å². The lowest BCUT2D eigenvalue weighted by atomic mass is 10.1. The molecule has 0 amide bonds. The van der Waals surface area contributed by atoms with Gasteiger partial charge in [-0.1, -0.05) is 93.5 Å². The van der Waals surface area contributed by atoms with Crippen LogP contribution in [0.4, 0.5) is 0 Å². The van der Waals surface area contributed by atoms with Gasteiger partial charge in [-0.05, 0) is 49.2 Å². The van der Waals surface area contributed by atoms with Crippen molar-refractivity contribution in [2.45, 2.75) is 51.7 Å². The molecule has 0 aliphatic heterocycles. The minimum Gasteiger partial charge on any atom is -1.00 e. The summed E-state index contributed by atoms with van der Waals surface area (Å²) in [5, 5.41) is 4.19. The predicted molar refractivity (Wildman–Crippen MR) is 128 cm³/mol. The van der Waals surface area contributed by atoms with Crippen LogP contribution in [0.25, 0.3) is 0 Å². The summed E-state index contributed by atoms with van der Waals surface area (Å²) >= 11 is 0. The summed E-state index contributed by atoms with van der Waals surface area (Å²) in [4.78, 5) is 0. The molecule has 0 aliphatic carbocycles. The maximum atomic E-state index is 7.77. The van der Waals surface area contributed by atoms with Crippen LogP contribution in [0.5, 0.6) is 0 Å². The fourth-order valence-electron chi connectivity index (χ4n) is 3.97. The Labute approximate surface area is 195 Å². The van der Waals surface area contributed by atoms with Gasteiger partial charge in [0, 0.05) is 6.85 Å². The number of benzene rings is 3. The molecule has 0 aromatic heterocycles. The number of hydrogen-bond acceptors (Lipinski definition) is 0. The van der Waals surface area contributed by atoms with Gasteiger partial charge in [0.1, 0.15) is 23.2 Å². The van der Waals surface area contributed by atoms with Gasteiger partial charge in [-0.15, -0.1) is 0 Å². The minimum atomic E-state index is -2.54. The second kappa shape index (κ2) is 13.0. The molecule has 0 nitrogen and oxygen atoms in total. The van der Waals surface area contributed by atoms with Gasteiger partial charge in [0.05, 0.1) is 6.16 Å². The van der Waals surface area contributed by atoms with Crippen LogP contribution in [-0.2, 0) is 0 Å². The zero-order valence-corrected chi connectivity index (χ0v) is 19.4. The normalized spacial score (nSPS) is 14.6. The van der Waals surface area contributed by atoms with Gasteiger partial charge in [0.25, 0.3) is 0 Å². The van der Waals surface area contributed by atoms with E-state index in [1.165, 1.54) is 15.9 Å². The molecular formula is C27H34BrP. The molecule has 2 heteroatoms. The maximum absolute atomic E-state index is 7.77. The molecule has 0 atom stereocenters. The second-order valence-electron chi connectivity index (χ2n) is 7.23. The monoisotopic (exact) mass is 473 g/mol. The molecule has 3 aromatic rings. The lowest BCUT2D eigenvalue weighted by Crippen LogP contribution is -3.00. The van der Waals surface area contributed by atoms with Crippen molar-refractivity contribution in [3.63, 3.8) is 0 Å². The van der Waals surface area contributed by atoms with Crippen molar-refractivity contribution in [3.05, 3.63) is 91.0 Å². The van der Waals surface area contributed by atoms with Gasteiger partial charge in [0.2, 0.25) is 0 Å². The summed E-state index contributed by atoms with van der Waals surface area (Å²) in [6.45, 7) is -2.54. The lowest BCUT2D eigenvalue weighted by molar-refractivity contribution is -0.00000565. The highest BCUT2D eigenvalue weighted by atomic mass is 79.9. The van der Waals surface area contributed by atoms with Gasteiger partial charge < -0.3 is 17.0 Å². The smallest absolute Gasteiger partial charge is 0.112 e. The topological polar surface area (TPSA) is 0 Å². The zero-order valence-electron chi connectivity index (χ0n) is 21.9. The Kier molecular flexibility index (Phi) is 7.74. The molecule has 0 spiro atoms. The van der Waals surface area contributed by atoms with Crippen molar-refractivity contribution < 1.29 is 23.8 Å². The largest absolute Gasteiger partial charge is 1.00 e. The maximum Gasteiger partial charge on any atom is 0.112 e. The predicted octanol–water partition coefficient (Wildman–Crippen LogP) is 3.74. The number of unbranched alkanes of at least 4 members (excludes halogenated alkanes) is 4. The molecule has 0 saturated carbocycles. The van der Waals surface area contributed by atoms with E-state index in [4.69, 9.17) is 6.85 Å². The van der Waals surface area contributed by atoms with Gasteiger partial charge >= 0.3 is 0 Å². The Balaban J connectivity index is 0.00000408. The third-order valence-electron chi connectivity index (χ3n) is 5.39. The van der Waals surface area contributed by atoms with Crippen molar-refractivity contribution in [3.8, 4) is 0 Å². The molecule has 0 N–H and O–H groups in total. The van der Waals surface area contributed by atoms with E-state index in [-0.39, 0.29) is 23.4 Å². The molecule has 0 unspecified atom stereocenters. The van der Waals surface area contributed by atoms with E-state index in [0.29, 0.717) is 6.42 Å². The zero-order chi connectivity index (χ0) is 23.8. The molecule has 29 heavy (non-hydrogen) atoms. The van der Waals surface area contributed by atoms with E-state index >= 15 is 0 Å². The summed E-state index contributed by atoms with van der Waals surface area (Å²) in [5.74, 6) is 0. The summed E-state index contributed by atoms with van der Waals surface area (Å²) in [6.07, 6.45) is 3.70. The van der Waals surface area contributed by atoms with E-state index in [2.05, 4.69) is 91.0 Å².